The molecule has 1 unspecified atom stereocenters. The number of hydrogen-bond acceptors (Lipinski definition) is 7. The van der Waals surface area contributed by atoms with E-state index in [1.807, 2.05) is 81.8 Å². The van der Waals surface area contributed by atoms with Crippen LogP contribution in [0.5, 0.6) is 0 Å². The van der Waals surface area contributed by atoms with Crippen molar-refractivity contribution in [2.45, 2.75) is 84.3 Å². The van der Waals surface area contributed by atoms with Gasteiger partial charge in [0.15, 0.2) is 0 Å². The molecule has 2 aromatic heterocycles. The summed E-state index contributed by atoms with van der Waals surface area (Å²) in [7, 11) is -1.25. The van der Waals surface area contributed by atoms with Crippen molar-refractivity contribution < 1.29 is 19.4 Å². The Labute approximate surface area is 279 Å². The smallest absolute Gasteiger partial charge is 0.410 e. The topological polar surface area (TPSA) is 93.0 Å². The van der Waals surface area contributed by atoms with Crippen LogP contribution in [-0.4, -0.2) is 82.0 Å². The van der Waals surface area contributed by atoms with E-state index in [4.69, 9.17) is 26.1 Å². The van der Waals surface area contributed by atoms with E-state index in [1.165, 1.54) is 0 Å². The van der Waals surface area contributed by atoms with Crippen LogP contribution in [0.1, 0.15) is 67.6 Å². The van der Waals surface area contributed by atoms with Crippen molar-refractivity contribution in [1.82, 2.24) is 24.3 Å². The number of amides is 1. The van der Waals surface area contributed by atoms with Gasteiger partial charge in [-0.25, -0.2) is 9.78 Å². The molecular formula is C35H48ClN5O4Si. The number of hydrogen-bond donors (Lipinski definition) is 1. The molecule has 1 N–H and O–H groups in total. The maximum Gasteiger partial charge on any atom is 0.410 e. The molecule has 1 saturated heterocycles. The van der Waals surface area contributed by atoms with Gasteiger partial charge in [-0.1, -0.05) is 43.4 Å². The number of aromatic nitrogens is 3. The average Bonchev–Trinajstić information content (AvgIpc) is 3.27. The fourth-order valence-corrected chi connectivity index (χ4v) is 7.04. The van der Waals surface area contributed by atoms with Gasteiger partial charge in [-0.05, 0) is 87.2 Å². The highest BCUT2D eigenvalue weighted by Crippen LogP contribution is 2.46. The summed E-state index contributed by atoms with van der Waals surface area (Å²) in [4.78, 5) is 26.5. The molecule has 46 heavy (non-hydrogen) atoms. The second-order valence-corrected chi connectivity index (χ2v) is 20.8. The largest absolute Gasteiger partial charge is 0.444 e. The maximum absolute atomic E-state index is 12.8. The molecule has 3 aromatic rings. The van der Waals surface area contributed by atoms with Gasteiger partial charge in [0.2, 0.25) is 0 Å². The summed E-state index contributed by atoms with van der Waals surface area (Å²) in [6.45, 7) is 19.7. The van der Waals surface area contributed by atoms with Gasteiger partial charge in [-0.15, -0.1) is 0 Å². The molecule has 1 fully saturated rings. The summed E-state index contributed by atoms with van der Waals surface area (Å²) in [5.41, 5.74) is 3.00. The molecule has 0 radical (unpaired) electrons. The third-order valence-electron chi connectivity index (χ3n) is 8.66. The van der Waals surface area contributed by atoms with Gasteiger partial charge in [-0.2, -0.15) is 0 Å². The van der Waals surface area contributed by atoms with Crippen LogP contribution in [0.4, 0.5) is 4.79 Å². The molecule has 5 rings (SSSR count). The Kier molecular flexibility index (Phi) is 9.87. The minimum atomic E-state index is -1.44. The number of halogens is 1. The fourth-order valence-electron chi connectivity index (χ4n) is 6.11. The highest BCUT2D eigenvalue weighted by molar-refractivity contribution is 6.76. The average molecular weight is 666 g/mol. The SMILES string of the molecule is Cc1ncc(C(C)(O)C2=Cc3cccnc3[C@@H](N3CCN(C(=O)OC(C)(C)C)CC3)c3ccc(Cl)cc32)n1COCC[Si](C)(C)C. The summed E-state index contributed by atoms with van der Waals surface area (Å²) in [6.07, 6.45) is 5.29. The highest BCUT2D eigenvalue weighted by Gasteiger charge is 2.40. The third kappa shape index (κ3) is 7.58. The molecule has 0 bridgehead atoms. The van der Waals surface area contributed by atoms with Crippen LogP contribution < -0.4 is 0 Å². The van der Waals surface area contributed by atoms with Gasteiger partial charge < -0.3 is 24.0 Å². The van der Waals surface area contributed by atoms with Crippen molar-refractivity contribution in [3.8, 4) is 0 Å². The Morgan fingerprint density at radius 1 is 1.09 bits per heavy atom. The summed E-state index contributed by atoms with van der Waals surface area (Å²) in [5.74, 6) is 0.770. The van der Waals surface area contributed by atoms with Crippen molar-refractivity contribution in [1.29, 1.82) is 0 Å². The molecule has 1 aromatic carbocycles. The van der Waals surface area contributed by atoms with Crippen LogP contribution in [0.25, 0.3) is 11.6 Å². The van der Waals surface area contributed by atoms with Crippen molar-refractivity contribution in [3.63, 3.8) is 0 Å². The quantitative estimate of drug-likeness (QED) is 0.206. The minimum Gasteiger partial charge on any atom is -0.444 e. The summed E-state index contributed by atoms with van der Waals surface area (Å²) in [5, 5.41) is 13.1. The number of imidazole rings is 1. The summed E-state index contributed by atoms with van der Waals surface area (Å²) >= 11 is 6.67. The van der Waals surface area contributed by atoms with Crippen molar-refractivity contribution in [2.24, 2.45) is 0 Å². The van der Waals surface area contributed by atoms with Gasteiger partial charge in [-0.3, -0.25) is 9.88 Å². The van der Waals surface area contributed by atoms with E-state index in [0.717, 1.165) is 34.3 Å². The van der Waals surface area contributed by atoms with Gasteiger partial charge in [0, 0.05) is 52.1 Å². The number of nitrogens with zero attached hydrogens (tertiary/aromatic N) is 5. The Bertz CT molecular complexity index is 1600. The van der Waals surface area contributed by atoms with Crippen LogP contribution in [0.2, 0.25) is 30.7 Å². The monoisotopic (exact) mass is 665 g/mol. The first-order chi connectivity index (χ1) is 21.5. The molecule has 2 atom stereocenters. The number of carbonyl (C=O) groups excluding carboxylic acids is 1. The molecule has 9 nitrogen and oxygen atoms in total. The number of ether oxygens (including phenoxy) is 2. The molecule has 248 valence electrons. The van der Waals surface area contributed by atoms with E-state index in [1.54, 1.807) is 11.1 Å². The lowest BCUT2D eigenvalue weighted by molar-refractivity contribution is 0.0117. The number of piperazine rings is 1. The zero-order valence-corrected chi connectivity index (χ0v) is 30.2. The Morgan fingerprint density at radius 2 is 1.80 bits per heavy atom. The molecule has 0 spiro atoms. The standard InChI is InChI=1S/C35H48ClN5O4Si/c1-24-38-22-30(41(24)23-44-18-19-46(6,7)8)35(5,43)29-20-25-10-9-13-37-31(25)32(27-12-11-26(36)21-28(27)29)39-14-16-40(17-15-39)33(42)45-34(2,3)4/h9-13,20-22,32,43H,14-19,23H2,1-8H3/t32-,35?/m0/s1. The van der Waals surface area contributed by atoms with Crippen molar-refractivity contribution in [3.05, 3.63) is 81.7 Å². The number of fused-ring (bicyclic) bond motifs is 2. The molecule has 3 heterocycles. The van der Waals surface area contributed by atoms with E-state index >= 15 is 0 Å². The fraction of sp³-hybridized carbons (Fsp3) is 0.514. The zero-order valence-electron chi connectivity index (χ0n) is 28.4. The van der Waals surface area contributed by atoms with Crippen LogP contribution in [0.3, 0.4) is 0 Å². The molecule has 0 saturated carbocycles. The molecule has 2 aliphatic rings. The van der Waals surface area contributed by atoms with Gasteiger partial charge >= 0.3 is 6.09 Å². The first kappa shape index (κ1) is 34.3. The number of pyridine rings is 1. The maximum atomic E-state index is 12.8. The normalized spacial score (nSPS) is 18.7. The summed E-state index contributed by atoms with van der Waals surface area (Å²) < 4.78 is 13.7. The van der Waals surface area contributed by atoms with Crippen LogP contribution >= 0.6 is 11.6 Å². The van der Waals surface area contributed by atoms with E-state index in [2.05, 4.69) is 29.5 Å². The molecular weight excluding hydrogens is 618 g/mol. The number of aliphatic hydroxyl groups is 1. The predicted octanol–water partition coefficient (Wildman–Crippen LogP) is 6.96. The Balaban J connectivity index is 1.52. The van der Waals surface area contributed by atoms with E-state index < -0.39 is 19.3 Å². The lowest BCUT2D eigenvalue weighted by Gasteiger charge is -2.40. The second kappa shape index (κ2) is 13.2. The molecule has 11 heteroatoms. The van der Waals surface area contributed by atoms with Crippen LogP contribution in [0.15, 0.2) is 42.7 Å². The van der Waals surface area contributed by atoms with Crippen LogP contribution in [0, 0.1) is 6.92 Å². The van der Waals surface area contributed by atoms with Gasteiger partial charge in [0.25, 0.3) is 0 Å². The van der Waals surface area contributed by atoms with E-state index in [-0.39, 0.29) is 12.1 Å². The van der Waals surface area contributed by atoms with Crippen molar-refractivity contribution in [2.75, 3.05) is 32.8 Å². The molecule has 1 aliphatic carbocycles. The third-order valence-corrected chi connectivity index (χ3v) is 10.6. The highest BCUT2D eigenvalue weighted by atomic mass is 35.5. The molecule has 1 aliphatic heterocycles. The van der Waals surface area contributed by atoms with Crippen LogP contribution in [-0.2, 0) is 21.8 Å². The lowest BCUT2D eigenvalue weighted by atomic mass is 9.84. The first-order valence-corrected chi connectivity index (χ1v) is 20.2. The first-order valence-electron chi connectivity index (χ1n) is 16.1. The Morgan fingerprint density at radius 3 is 2.48 bits per heavy atom. The number of carbonyl (C=O) groups is 1. The number of rotatable bonds is 8. The van der Waals surface area contributed by atoms with E-state index in [0.29, 0.717) is 55.8 Å². The second-order valence-electron chi connectivity index (χ2n) is 14.7. The van der Waals surface area contributed by atoms with Crippen molar-refractivity contribution >= 4 is 37.4 Å². The number of benzene rings is 1. The van der Waals surface area contributed by atoms with E-state index in [9.17, 15) is 9.90 Å². The minimum absolute atomic E-state index is 0.217. The number of aryl methyl sites for hydroxylation is 1. The Hall–Kier alpha value is -3.02. The van der Waals surface area contributed by atoms with Gasteiger partial charge in [0.1, 0.15) is 23.8 Å². The zero-order chi connectivity index (χ0) is 33.4. The lowest BCUT2D eigenvalue weighted by Crippen LogP contribution is -2.51. The van der Waals surface area contributed by atoms with Gasteiger partial charge in [0.05, 0.1) is 23.6 Å². The summed E-state index contributed by atoms with van der Waals surface area (Å²) in [6, 6.07) is 10.7. The predicted molar refractivity (Wildman–Crippen MR) is 185 cm³/mol. The molecule has 1 amide bonds.